The van der Waals surface area contributed by atoms with Crippen molar-refractivity contribution >= 4 is 61.7 Å². The van der Waals surface area contributed by atoms with Gasteiger partial charge in [-0.25, -0.2) is 4.98 Å². The lowest BCUT2D eigenvalue weighted by Gasteiger charge is -2.44. The number of thiazole rings is 1. The summed E-state index contributed by atoms with van der Waals surface area (Å²) in [6, 6.07) is 5.74. The Morgan fingerprint density at radius 2 is 1.57 bits per heavy atom. The molecule has 0 bridgehead atoms. The van der Waals surface area contributed by atoms with E-state index in [1.165, 1.54) is 0 Å². The Kier molecular flexibility index (Phi) is 18.1. The highest BCUT2D eigenvalue weighted by atomic mass is 79.9. The Bertz CT molecular complexity index is 1200. The van der Waals surface area contributed by atoms with Crippen LogP contribution in [0.2, 0.25) is 36.3 Å². The Balaban J connectivity index is 2.66. The van der Waals surface area contributed by atoms with Crippen LogP contribution in [0.3, 0.4) is 0 Å². The van der Waals surface area contributed by atoms with Crippen molar-refractivity contribution in [3.05, 3.63) is 21.7 Å². The summed E-state index contributed by atoms with van der Waals surface area (Å²) in [5.41, 5.74) is 0.741. The number of alkyl halides is 1. The molecule has 2 rings (SSSR count). The molecule has 7 atom stereocenters. The highest BCUT2D eigenvalue weighted by molar-refractivity contribution is 9.09. The van der Waals surface area contributed by atoms with Gasteiger partial charge in [0.25, 0.3) is 0 Å². The predicted octanol–water partition coefficient (Wildman–Crippen LogP) is 10.5. The zero-order valence-electron chi connectivity index (χ0n) is 32.7. The fourth-order valence-electron chi connectivity index (χ4n) is 7.45. The maximum atomic E-state index is 14.9. The van der Waals surface area contributed by atoms with Gasteiger partial charge in [0.05, 0.1) is 35.4 Å². The van der Waals surface area contributed by atoms with Crippen molar-refractivity contribution in [1.82, 2.24) is 4.98 Å². The Hall–Kier alpha value is -0.696. The van der Waals surface area contributed by atoms with Crippen molar-refractivity contribution in [1.29, 1.82) is 0 Å². The summed E-state index contributed by atoms with van der Waals surface area (Å²) in [5, 5.41) is 14.3. The van der Waals surface area contributed by atoms with E-state index in [0.29, 0.717) is 12.8 Å². The lowest BCUT2D eigenvalue weighted by atomic mass is 9.73. The predicted molar refractivity (Wildman–Crippen MR) is 213 cm³/mol. The van der Waals surface area contributed by atoms with Gasteiger partial charge in [0.2, 0.25) is 0 Å². The van der Waals surface area contributed by atoms with Crippen LogP contribution in [-0.2, 0) is 23.2 Å². The van der Waals surface area contributed by atoms with E-state index in [0.717, 1.165) is 65.4 Å². The number of halogens is 1. The molecule has 0 saturated carbocycles. The maximum absolute atomic E-state index is 14.9. The maximum Gasteiger partial charge on any atom is 0.309 e. The molecule has 1 aliphatic heterocycles. The molecule has 0 aromatic carbocycles. The molecule has 0 spiro atoms. The van der Waals surface area contributed by atoms with Crippen molar-refractivity contribution in [2.45, 2.75) is 181 Å². The summed E-state index contributed by atoms with van der Waals surface area (Å²) in [6.45, 7) is 25.3. The van der Waals surface area contributed by atoms with Crippen LogP contribution >= 0.6 is 27.3 Å². The minimum atomic E-state index is -2.24. The minimum absolute atomic E-state index is 0.0199. The second kappa shape index (κ2) is 19.9. The van der Waals surface area contributed by atoms with Gasteiger partial charge in [-0.1, -0.05) is 91.6 Å². The van der Waals surface area contributed by atoms with Crippen molar-refractivity contribution in [2.24, 2.45) is 17.3 Å². The molecule has 2 heterocycles. The Morgan fingerprint density at radius 3 is 2.08 bits per heavy atom. The number of esters is 1. The van der Waals surface area contributed by atoms with E-state index in [4.69, 9.17) is 13.6 Å². The molecule has 1 fully saturated rings. The van der Waals surface area contributed by atoms with Gasteiger partial charge in [0, 0.05) is 28.0 Å². The number of cyclic esters (lactones) is 1. The van der Waals surface area contributed by atoms with Crippen LogP contribution in [0.25, 0.3) is 6.08 Å². The molecule has 1 unspecified atom stereocenters. The third-order valence-corrected chi connectivity index (χ3v) is 22.8. The molecule has 0 aliphatic carbocycles. The second-order valence-corrected chi connectivity index (χ2v) is 26.8. The van der Waals surface area contributed by atoms with E-state index < -0.39 is 46.3 Å². The molecular weight excluding hydrogens is 735 g/mol. The van der Waals surface area contributed by atoms with E-state index >= 15 is 0 Å². The Morgan fingerprint density at radius 1 is 1.02 bits per heavy atom. The normalized spacial score (nSPS) is 28.8. The topological polar surface area (TPSA) is 95.0 Å². The summed E-state index contributed by atoms with van der Waals surface area (Å²) in [7, 11) is -4.29. The number of nitrogens with zero attached hydrogens (tertiary/aromatic N) is 1. The SMILES string of the molecule is CC[Si](CC)(CC)O[C@H]1[C@@H](C)CCC[C@@H](O)[C@H](Br)CC(C(C)=Cc2csc(C)n2)OC(=O)C[C@H](O[Si](CC)(CC)CC)C(C)(C)C(=O)[C@@H]1C. The minimum Gasteiger partial charge on any atom is -0.458 e. The molecule has 1 aliphatic rings. The lowest BCUT2D eigenvalue weighted by Crippen LogP contribution is -2.53. The number of carbonyl (C=O) groups excluding carboxylic acids is 2. The monoisotopic (exact) mass is 801 g/mol. The molecule has 49 heavy (non-hydrogen) atoms. The van der Waals surface area contributed by atoms with Gasteiger partial charge in [-0.3, -0.25) is 9.59 Å². The van der Waals surface area contributed by atoms with Crippen molar-refractivity contribution in [3.8, 4) is 0 Å². The molecule has 282 valence electrons. The van der Waals surface area contributed by atoms with E-state index in [1.54, 1.807) is 11.3 Å². The second-order valence-electron chi connectivity index (χ2n) is 15.1. The first kappa shape index (κ1) is 44.5. The number of aliphatic hydroxyl groups is 1. The van der Waals surface area contributed by atoms with Gasteiger partial charge in [-0.15, -0.1) is 11.3 Å². The molecule has 0 amide bonds. The number of Topliss-reactive ketones (excluding diaryl/α,β-unsaturated/α-hetero) is 1. The fourth-order valence-corrected chi connectivity index (χ4v) is 14.6. The zero-order valence-corrected chi connectivity index (χ0v) is 37.1. The first-order valence-corrected chi connectivity index (χ1v) is 25.8. The number of hydrogen-bond donors (Lipinski definition) is 1. The highest BCUT2D eigenvalue weighted by Gasteiger charge is 2.48. The number of carbonyl (C=O) groups is 2. The van der Waals surface area contributed by atoms with Crippen molar-refractivity contribution in [2.75, 3.05) is 0 Å². The van der Waals surface area contributed by atoms with Crippen LogP contribution in [0, 0.1) is 24.2 Å². The summed E-state index contributed by atoms with van der Waals surface area (Å²) in [5.74, 6) is -0.572. The van der Waals surface area contributed by atoms with Gasteiger partial charge in [-0.05, 0) is 80.5 Å². The lowest BCUT2D eigenvalue weighted by molar-refractivity contribution is -0.153. The van der Waals surface area contributed by atoms with Gasteiger partial charge >= 0.3 is 5.97 Å². The van der Waals surface area contributed by atoms with Gasteiger partial charge in [-0.2, -0.15) is 0 Å². The van der Waals surface area contributed by atoms with Crippen molar-refractivity contribution in [3.63, 3.8) is 0 Å². The fraction of sp³-hybridized carbons (Fsp3) is 0.816. The molecule has 1 aromatic rings. The number of rotatable bonds is 12. The number of ether oxygens (including phenoxy) is 1. The number of ketones is 1. The van der Waals surface area contributed by atoms with Crippen LogP contribution < -0.4 is 0 Å². The number of aryl methyl sites for hydroxylation is 1. The standard InChI is InChI=1S/C38H68BrNO6SSi2/c1-13-48(14-2,15-3)45-34-24-35(42)44-33(27(8)22-30-25-47-29(10)40-30)23-31(39)32(41)21-19-20-26(7)36(28(9)37(43)38(34,11)12)46-49(16-4,17-5)18-6/h22,25-26,28,31-34,36,41H,13-21,23-24H2,1-12H3/t26-,28+,31+,32+,33?,34-,36-/m0/s1. The molecule has 1 N–H and O–H groups in total. The zero-order chi connectivity index (χ0) is 37.2. The first-order chi connectivity index (χ1) is 23.0. The summed E-state index contributed by atoms with van der Waals surface area (Å²) in [4.78, 5) is 33.2. The van der Waals surface area contributed by atoms with E-state index in [1.807, 2.05) is 46.1 Å². The Labute approximate surface area is 313 Å². The first-order valence-electron chi connectivity index (χ1n) is 19.0. The molecular formula is C38H68BrNO6SSi2. The third-order valence-electron chi connectivity index (χ3n) is 11.7. The molecule has 11 heteroatoms. The van der Waals surface area contributed by atoms with Crippen LogP contribution in [0.5, 0.6) is 0 Å². The molecule has 0 radical (unpaired) electrons. The number of aromatic nitrogens is 1. The van der Waals surface area contributed by atoms with Crippen LogP contribution in [0.15, 0.2) is 11.0 Å². The molecule has 7 nitrogen and oxygen atoms in total. The van der Waals surface area contributed by atoms with Gasteiger partial charge < -0.3 is 18.7 Å². The summed E-state index contributed by atoms with van der Waals surface area (Å²) in [6.07, 6.45) is 2.54. The number of aliphatic hydroxyl groups excluding tert-OH is 1. The third kappa shape index (κ3) is 11.9. The summed E-state index contributed by atoms with van der Waals surface area (Å²) >= 11 is 5.35. The van der Waals surface area contributed by atoms with E-state index in [-0.39, 0.29) is 35.0 Å². The summed E-state index contributed by atoms with van der Waals surface area (Å²) < 4.78 is 20.6. The average molecular weight is 803 g/mol. The number of hydrogen-bond acceptors (Lipinski definition) is 8. The largest absolute Gasteiger partial charge is 0.458 e. The smallest absolute Gasteiger partial charge is 0.309 e. The van der Waals surface area contributed by atoms with Crippen molar-refractivity contribution < 1.29 is 28.3 Å². The average Bonchev–Trinajstić information content (AvgIpc) is 3.49. The van der Waals surface area contributed by atoms with Crippen LogP contribution in [0.1, 0.15) is 119 Å². The van der Waals surface area contributed by atoms with E-state index in [9.17, 15) is 14.7 Å². The highest BCUT2D eigenvalue weighted by Crippen LogP contribution is 2.40. The van der Waals surface area contributed by atoms with Crippen LogP contribution in [-0.4, -0.2) is 67.7 Å². The quantitative estimate of drug-likeness (QED) is 0.128. The van der Waals surface area contributed by atoms with Gasteiger partial charge in [0.15, 0.2) is 16.6 Å². The molecule has 1 saturated heterocycles. The van der Waals surface area contributed by atoms with Gasteiger partial charge in [0.1, 0.15) is 11.9 Å². The molecule has 1 aromatic heterocycles. The van der Waals surface area contributed by atoms with E-state index in [2.05, 4.69) is 69.4 Å². The van der Waals surface area contributed by atoms with Crippen LogP contribution in [0.4, 0.5) is 0 Å².